The normalized spacial score (nSPS) is 17.2. The van der Waals surface area contributed by atoms with Crippen LogP contribution < -0.4 is 5.32 Å². The molecule has 0 aromatic heterocycles. The third kappa shape index (κ3) is 4.21. The van der Waals surface area contributed by atoms with Crippen molar-refractivity contribution >= 4 is 23.5 Å². The van der Waals surface area contributed by atoms with Gasteiger partial charge in [0.2, 0.25) is 5.91 Å². The van der Waals surface area contributed by atoms with Crippen LogP contribution in [0.25, 0.3) is 0 Å². The standard InChI is InChI=1S/C16H20ClNO3/c17-13-6-4-12(5-7-13)10-14(19)18-11-16(15(20)21)8-2-1-3-9-16/h4-7H,1-3,8-11H2,(H,18,19)(H,20,21). The van der Waals surface area contributed by atoms with Crippen LogP contribution in [-0.2, 0) is 16.0 Å². The van der Waals surface area contributed by atoms with E-state index in [9.17, 15) is 14.7 Å². The van der Waals surface area contributed by atoms with Gasteiger partial charge in [-0.2, -0.15) is 0 Å². The largest absolute Gasteiger partial charge is 0.481 e. The van der Waals surface area contributed by atoms with Gasteiger partial charge in [-0.25, -0.2) is 0 Å². The molecular formula is C16H20ClNO3. The van der Waals surface area contributed by atoms with Crippen molar-refractivity contribution in [1.82, 2.24) is 5.32 Å². The average Bonchev–Trinajstić information content (AvgIpc) is 2.48. The van der Waals surface area contributed by atoms with Crippen LogP contribution >= 0.6 is 11.6 Å². The van der Waals surface area contributed by atoms with Crippen LogP contribution in [0, 0.1) is 5.41 Å². The summed E-state index contributed by atoms with van der Waals surface area (Å²) < 4.78 is 0. The Labute approximate surface area is 129 Å². The van der Waals surface area contributed by atoms with Crippen molar-refractivity contribution in [2.24, 2.45) is 5.41 Å². The Morgan fingerprint density at radius 1 is 1.14 bits per heavy atom. The number of amides is 1. The van der Waals surface area contributed by atoms with Gasteiger partial charge in [0.05, 0.1) is 11.8 Å². The van der Waals surface area contributed by atoms with Crippen LogP contribution in [-0.4, -0.2) is 23.5 Å². The molecule has 1 fully saturated rings. The molecule has 0 heterocycles. The molecule has 0 unspecified atom stereocenters. The van der Waals surface area contributed by atoms with Crippen LogP contribution in [0.1, 0.15) is 37.7 Å². The summed E-state index contributed by atoms with van der Waals surface area (Å²) in [7, 11) is 0. The van der Waals surface area contributed by atoms with Crippen molar-refractivity contribution in [2.45, 2.75) is 38.5 Å². The molecule has 0 atom stereocenters. The second-order valence-electron chi connectivity index (χ2n) is 5.73. The number of carboxylic acid groups (broad SMARTS) is 1. The van der Waals surface area contributed by atoms with Gasteiger partial charge in [0.1, 0.15) is 0 Å². The van der Waals surface area contributed by atoms with E-state index in [0.29, 0.717) is 17.9 Å². The molecule has 4 nitrogen and oxygen atoms in total. The fourth-order valence-corrected chi connectivity index (χ4v) is 2.94. The molecule has 21 heavy (non-hydrogen) atoms. The first-order valence-corrected chi connectivity index (χ1v) is 7.64. The van der Waals surface area contributed by atoms with Crippen molar-refractivity contribution in [1.29, 1.82) is 0 Å². The molecule has 1 aliphatic carbocycles. The van der Waals surface area contributed by atoms with Crippen molar-refractivity contribution in [2.75, 3.05) is 6.54 Å². The molecule has 1 aromatic rings. The molecule has 2 rings (SSSR count). The van der Waals surface area contributed by atoms with Gasteiger partial charge in [-0.1, -0.05) is 43.0 Å². The number of carboxylic acids is 1. The zero-order valence-corrected chi connectivity index (χ0v) is 12.7. The fraction of sp³-hybridized carbons (Fsp3) is 0.500. The Hall–Kier alpha value is -1.55. The molecule has 0 saturated heterocycles. The summed E-state index contributed by atoms with van der Waals surface area (Å²) in [6, 6.07) is 7.08. The van der Waals surface area contributed by atoms with Crippen molar-refractivity contribution in [3.05, 3.63) is 34.9 Å². The first-order valence-electron chi connectivity index (χ1n) is 7.26. The maximum atomic E-state index is 12.0. The minimum absolute atomic E-state index is 0.150. The highest BCUT2D eigenvalue weighted by Gasteiger charge is 2.39. The van der Waals surface area contributed by atoms with E-state index in [4.69, 9.17) is 11.6 Å². The van der Waals surface area contributed by atoms with Crippen LogP contribution in [0.3, 0.4) is 0 Å². The maximum Gasteiger partial charge on any atom is 0.311 e. The van der Waals surface area contributed by atoms with Crippen molar-refractivity contribution in [3.8, 4) is 0 Å². The van der Waals surface area contributed by atoms with Crippen molar-refractivity contribution in [3.63, 3.8) is 0 Å². The highest BCUT2D eigenvalue weighted by atomic mass is 35.5. The van der Waals surface area contributed by atoms with Crippen molar-refractivity contribution < 1.29 is 14.7 Å². The minimum Gasteiger partial charge on any atom is -0.481 e. The first kappa shape index (κ1) is 15.8. The summed E-state index contributed by atoms with van der Waals surface area (Å²) in [5.41, 5.74) is 0.0818. The predicted molar refractivity (Wildman–Crippen MR) is 81.3 cm³/mol. The topological polar surface area (TPSA) is 66.4 Å². The predicted octanol–water partition coefficient (Wildman–Crippen LogP) is 3.03. The summed E-state index contributed by atoms with van der Waals surface area (Å²) in [4.78, 5) is 23.5. The third-order valence-electron chi connectivity index (χ3n) is 4.17. The van der Waals surface area contributed by atoms with Gasteiger partial charge in [0, 0.05) is 11.6 Å². The van der Waals surface area contributed by atoms with Crippen LogP contribution in [0.5, 0.6) is 0 Å². The number of aliphatic carboxylic acids is 1. The molecule has 0 aliphatic heterocycles. The molecule has 1 amide bonds. The van der Waals surface area contributed by atoms with Crippen LogP contribution in [0.4, 0.5) is 0 Å². The number of nitrogens with one attached hydrogen (secondary N) is 1. The van der Waals surface area contributed by atoms with Gasteiger partial charge in [0.15, 0.2) is 0 Å². The molecule has 0 spiro atoms. The van der Waals surface area contributed by atoms with E-state index < -0.39 is 11.4 Å². The van der Waals surface area contributed by atoms with E-state index in [2.05, 4.69) is 5.32 Å². The van der Waals surface area contributed by atoms with Gasteiger partial charge >= 0.3 is 5.97 Å². The van der Waals surface area contributed by atoms with E-state index in [1.807, 2.05) is 0 Å². The van der Waals surface area contributed by atoms with Crippen LogP contribution in [0.2, 0.25) is 5.02 Å². The highest BCUT2D eigenvalue weighted by Crippen LogP contribution is 2.36. The number of hydrogen-bond donors (Lipinski definition) is 2. The summed E-state index contributed by atoms with van der Waals surface area (Å²) in [6.45, 7) is 0.217. The molecule has 1 aliphatic rings. The molecular weight excluding hydrogens is 290 g/mol. The monoisotopic (exact) mass is 309 g/mol. The summed E-state index contributed by atoms with van der Waals surface area (Å²) >= 11 is 5.80. The molecule has 0 bridgehead atoms. The smallest absolute Gasteiger partial charge is 0.311 e. The lowest BCUT2D eigenvalue weighted by molar-refractivity contribution is -0.151. The Morgan fingerprint density at radius 2 is 1.76 bits per heavy atom. The third-order valence-corrected chi connectivity index (χ3v) is 4.42. The van der Waals surface area contributed by atoms with E-state index in [-0.39, 0.29) is 18.9 Å². The summed E-state index contributed by atoms with van der Waals surface area (Å²) in [6.07, 6.45) is 4.44. The number of rotatable bonds is 5. The first-order chi connectivity index (χ1) is 10.0. The van der Waals surface area contributed by atoms with Gasteiger partial charge in [-0.3, -0.25) is 9.59 Å². The number of hydrogen-bond acceptors (Lipinski definition) is 2. The second kappa shape index (κ2) is 6.94. The second-order valence-corrected chi connectivity index (χ2v) is 6.16. The zero-order valence-electron chi connectivity index (χ0n) is 11.9. The molecule has 114 valence electrons. The Balaban J connectivity index is 1.90. The molecule has 1 saturated carbocycles. The molecule has 5 heteroatoms. The van der Waals surface area contributed by atoms with Crippen LogP contribution in [0.15, 0.2) is 24.3 Å². The van der Waals surface area contributed by atoms with E-state index in [1.54, 1.807) is 24.3 Å². The number of carbonyl (C=O) groups excluding carboxylic acids is 1. The Morgan fingerprint density at radius 3 is 2.33 bits per heavy atom. The average molecular weight is 310 g/mol. The highest BCUT2D eigenvalue weighted by molar-refractivity contribution is 6.30. The van der Waals surface area contributed by atoms with E-state index in [1.165, 1.54) is 0 Å². The van der Waals surface area contributed by atoms with E-state index >= 15 is 0 Å². The molecule has 1 aromatic carbocycles. The molecule has 0 radical (unpaired) electrons. The van der Waals surface area contributed by atoms with E-state index in [0.717, 1.165) is 24.8 Å². The fourth-order valence-electron chi connectivity index (χ4n) is 2.81. The number of halogens is 1. The van der Waals surface area contributed by atoms with Gasteiger partial charge in [0.25, 0.3) is 0 Å². The SMILES string of the molecule is O=C(Cc1ccc(Cl)cc1)NCC1(C(=O)O)CCCCC1. The Kier molecular flexibility index (Phi) is 5.23. The lowest BCUT2D eigenvalue weighted by Gasteiger charge is -2.33. The van der Waals surface area contributed by atoms with Gasteiger partial charge in [-0.05, 0) is 30.5 Å². The van der Waals surface area contributed by atoms with Gasteiger partial charge < -0.3 is 10.4 Å². The minimum atomic E-state index is -0.797. The molecule has 2 N–H and O–H groups in total. The maximum absolute atomic E-state index is 12.0. The van der Waals surface area contributed by atoms with Gasteiger partial charge in [-0.15, -0.1) is 0 Å². The summed E-state index contributed by atoms with van der Waals surface area (Å²) in [5, 5.41) is 12.9. The lowest BCUT2D eigenvalue weighted by Crippen LogP contribution is -2.44. The number of carbonyl (C=O) groups is 2. The Bertz CT molecular complexity index is 507. The quantitative estimate of drug-likeness (QED) is 0.878. The number of benzene rings is 1. The lowest BCUT2D eigenvalue weighted by atomic mass is 9.74. The summed E-state index contributed by atoms with van der Waals surface area (Å²) in [5.74, 6) is -0.947. The zero-order chi connectivity index (χ0) is 15.3.